The van der Waals surface area contributed by atoms with Gasteiger partial charge in [-0.05, 0) is 49.0 Å². The maximum absolute atomic E-state index is 13.4. The van der Waals surface area contributed by atoms with Gasteiger partial charge < -0.3 is 10.2 Å². The SMILES string of the molecule is CS(=O)(=O)N1CCCCc2cc3c(C(N)=O)c(C4=CC=C(F)CC4)oc3cc21. The number of benzene rings is 1. The Kier molecular flexibility index (Phi) is 4.53. The molecule has 2 aliphatic rings. The molecule has 0 saturated heterocycles. The van der Waals surface area contributed by atoms with Crippen molar-refractivity contribution < 1.29 is 22.0 Å². The molecular formula is C20H21FN2O4S. The Labute approximate surface area is 162 Å². The van der Waals surface area contributed by atoms with E-state index in [1.165, 1.54) is 16.6 Å². The van der Waals surface area contributed by atoms with Gasteiger partial charge in [0.2, 0.25) is 10.0 Å². The summed E-state index contributed by atoms with van der Waals surface area (Å²) in [5.74, 6) is -0.522. The molecule has 2 N–H and O–H groups in total. The van der Waals surface area contributed by atoms with Gasteiger partial charge in [-0.2, -0.15) is 0 Å². The number of rotatable bonds is 3. The topological polar surface area (TPSA) is 93.6 Å². The molecule has 8 heteroatoms. The van der Waals surface area contributed by atoms with Gasteiger partial charge in [-0.1, -0.05) is 6.08 Å². The standard InChI is InChI=1S/C20H21FN2O4S/c1-28(25,26)23-9-3-2-4-13-10-15-17(11-16(13)23)27-19(18(15)20(22)24)12-5-7-14(21)8-6-12/h5,7,10-11H,2-4,6,8-9H2,1H3,(H2,22,24). The minimum Gasteiger partial charge on any atom is -0.455 e. The van der Waals surface area contributed by atoms with E-state index in [1.54, 1.807) is 18.2 Å². The Hall–Kier alpha value is -2.61. The summed E-state index contributed by atoms with van der Waals surface area (Å²) in [6.07, 6.45) is 7.07. The summed E-state index contributed by atoms with van der Waals surface area (Å²) in [5.41, 5.74) is 8.41. The molecule has 0 saturated carbocycles. The molecule has 0 radical (unpaired) electrons. The molecule has 1 aromatic heterocycles. The van der Waals surface area contributed by atoms with Gasteiger partial charge in [0.15, 0.2) is 0 Å². The molecule has 2 aromatic rings. The van der Waals surface area contributed by atoms with Crippen LogP contribution in [-0.2, 0) is 16.4 Å². The average molecular weight is 404 g/mol. The van der Waals surface area contributed by atoms with Crippen molar-refractivity contribution in [1.29, 1.82) is 0 Å². The minimum atomic E-state index is -3.44. The highest BCUT2D eigenvalue weighted by molar-refractivity contribution is 7.92. The molecule has 148 valence electrons. The number of carbonyl (C=O) groups is 1. The smallest absolute Gasteiger partial charge is 0.253 e. The van der Waals surface area contributed by atoms with E-state index in [0.29, 0.717) is 47.4 Å². The number of primary amides is 1. The highest BCUT2D eigenvalue weighted by Gasteiger charge is 2.28. The lowest BCUT2D eigenvalue weighted by atomic mass is 9.97. The van der Waals surface area contributed by atoms with Crippen LogP contribution in [0.1, 0.15) is 47.4 Å². The molecule has 0 fully saturated rings. The first-order valence-corrected chi connectivity index (χ1v) is 11.0. The number of furan rings is 1. The third-order valence-corrected chi connectivity index (χ3v) is 6.43. The zero-order valence-corrected chi connectivity index (χ0v) is 16.3. The minimum absolute atomic E-state index is 0.226. The molecule has 4 rings (SSSR count). The second-order valence-corrected chi connectivity index (χ2v) is 9.15. The first-order chi connectivity index (χ1) is 13.3. The van der Waals surface area contributed by atoms with Gasteiger partial charge >= 0.3 is 0 Å². The number of carbonyl (C=O) groups excluding carboxylic acids is 1. The zero-order valence-electron chi connectivity index (χ0n) is 15.5. The lowest BCUT2D eigenvalue weighted by Crippen LogP contribution is -2.30. The number of hydrogen-bond acceptors (Lipinski definition) is 4. The Morgan fingerprint density at radius 3 is 2.61 bits per heavy atom. The summed E-state index contributed by atoms with van der Waals surface area (Å²) in [6, 6.07) is 3.48. The van der Waals surface area contributed by atoms with Crippen molar-refractivity contribution >= 4 is 38.2 Å². The molecule has 1 aliphatic heterocycles. The number of nitrogens with two attached hydrogens (primary N) is 1. The summed E-state index contributed by atoms with van der Waals surface area (Å²) < 4.78 is 45.2. The van der Waals surface area contributed by atoms with E-state index >= 15 is 0 Å². The van der Waals surface area contributed by atoms with Gasteiger partial charge in [-0.3, -0.25) is 9.10 Å². The van der Waals surface area contributed by atoms with E-state index < -0.39 is 15.9 Å². The molecule has 6 nitrogen and oxygen atoms in total. The van der Waals surface area contributed by atoms with Gasteiger partial charge in [0, 0.05) is 24.4 Å². The molecule has 1 amide bonds. The van der Waals surface area contributed by atoms with Crippen molar-refractivity contribution in [3.63, 3.8) is 0 Å². The number of sulfonamides is 1. The summed E-state index contributed by atoms with van der Waals surface area (Å²) in [7, 11) is -3.44. The van der Waals surface area contributed by atoms with Crippen LogP contribution in [0.15, 0.2) is 34.5 Å². The number of aryl methyl sites for hydroxylation is 1. The third-order valence-electron chi connectivity index (χ3n) is 5.25. The Bertz CT molecular complexity index is 1140. The van der Waals surface area contributed by atoms with E-state index in [2.05, 4.69) is 0 Å². The average Bonchev–Trinajstić information content (AvgIpc) is 2.85. The van der Waals surface area contributed by atoms with Gasteiger partial charge in [0.1, 0.15) is 17.2 Å². The normalized spacial score (nSPS) is 17.7. The van der Waals surface area contributed by atoms with E-state index in [-0.39, 0.29) is 17.8 Å². The fourth-order valence-corrected chi connectivity index (χ4v) is 4.90. The second kappa shape index (κ2) is 6.77. The first kappa shape index (κ1) is 18.7. The van der Waals surface area contributed by atoms with Crippen LogP contribution >= 0.6 is 0 Å². The van der Waals surface area contributed by atoms with Crippen LogP contribution in [0, 0.1) is 0 Å². The number of amides is 1. The summed E-state index contributed by atoms with van der Waals surface area (Å²) in [4.78, 5) is 12.2. The summed E-state index contributed by atoms with van der Waals surface area (Å²) >= 11 is 0. The highest BCUT2D eigenvalue weighted by atomic mass is 32.2. The van der Waals surface area contributed by atoms with Gasteiger partial charge in [0.25, 0.3) is 5.91 Å². The molecule has 2 heterocycles. The van der Waals surface area contributed by atoms with Crippen LogP contribution in [0.4, 0.5) is 10.1 Å². The van der Waals surface area contributed by atoms with E-state index in [4.69, 9.17) is 10.2 Å². The first-order valence-electron chi connectivity index (χ1n) is 9.18. The highest BCUT2D eigenvalue weighted by Crippen LogP contribution is 2.39. The maximum atomic E-state index is 13.4. The number of nitrogens with zero attached hydrogens (tertiary/aromatic N) is 1. The molecule has 0 spiro atoms. The van der Waals surface area contributed by atoms with Gasteiger partial charge in [-0.25, -0.2) is 12.8 Å². The van der Waals surface area contributed by atoms with E-state index in [9.17, 15) is 17.6 Å². The van der Waals surface area contributed by atoms with Crippen molar-refractivity contribution in [3.05, 3.63) is 47.0 Å². The van der Waals surface area contributed by atoms with Crippen molar-refractivity contribution in [2.75, 3.05) is 17.1 Å². The third kappa shape index (κ3) is 3.22. The van der Waals surface area contributed by atoms with E-state index in [0.717, 1.165) is 18.4 Å². The maximum Gasteiger partial charge on any atom is 0.253 e. The number of hydrogen-bond donors (Lipinski definition) is 1. The predicted octanol–water partition coefficient (Wildman–Crippen LogP) is 3.66. The van der Waals surface area contributed by atoms with Crippen molar-refractivity contribution in [3.8, 4) is 0 Å². The number of allylic oxidation sites excluding steroid dienone is 4. The summed E-state index contributed by atoms with van der Waals surface area (Å²) in [6.45, 7) is 0.406. The molecule has 0 atom stereocenters. The number of anilines is 1. The Morgan fingerprint density at radius 2 is 1.96 bits per heavy atom. The van der Waals surface area contributed by atoms with Gasteiger partial charge in [0.05, 0.1) is 17.5 Å². The Morgan fingerprint density at radius 1 is 1.18 bits per heavy atom. The predicted molar refractivity (Wildman–Crippen MR) is 106 cm³/mol. The van der Waals surface area contributed by atoms with Crippen LogP contribution < -0.4 is 10.0 Å². The van der Waals surface area contributed by atoms with Gasteiger partial charge in [-0.15, -0.1) is 0 Å². The molecule has 1 aromatic carbocycles. The molecule has 0 unspecified atom stereocenters. The lowest BCUT2D eigenvalue weighted by molar-refractivity contribution is 0.100. The lowest BCUT2D eigenvalue weighted by Gasteiger charge is -2.22. The van der Waals surface area contributed by atoms with Crippen LogP contribution in [0.5, 0.6) is 0 Å². The fraction of sp³-hybridized carbons (Fsp3) is 0.350. The van der Waals surface area contributed by atoms with Crippen molar-refractivity contribution in [1.82, 2.24) is 0 Å². The van der Waals surface area contributed by atoms with Crippen LogP contribution in [0.25, 0.3) is 16.5 Å². The second-order valence-electron chi connectivity index (χ2n) is 7.25. The molecule has 0 bridgehead atoms. The number of fused-ring (bicyclic) bond motifs is 2. The van der Waals surface area contributed by atoms with Crippen molar-refractivity contribution in [2.45, 2.75) is 32.1 Å². The monoisotopic (exact) mass is 404 g/mol. The summed E-state index contributed by atoms with van der Waals surface area (Å²) in [5, 5.41) is 0.563. The fourth-order valence-electron chi connectivity index (χ4n) is 3.92. The van der Waals surface area contributed by atoms with Crippen LogP contribution in [0.3, 0.4) is 0 Å². The number of halogens is 1. The Balaban J connectivity index is 1.96. The largest absolute Gasteiger partial charge is 0.455 e. The molecule has 1 aliphatic carbocycles. The zero-order chi connectivity index (χ0) is 20.1. The molecule has 28 heavy (non-hydrogen) atoms. The quantitative estimate of drug-likeness (QED) is 0.845. The molecular weight excluding hydrogens is 383 g/mol. The van der Waals surface area contributed by atoms with Crippen LogP contribution in [-0.4, -0.2) is 27.1 Å². The van der Waals surface area contributed by atoms with Crippen LogP contribution in [0.2, 0.25) is 0 Å². The van der Waals surface area contributed by atoms with Crippen molar-refractivity contribution in [2.24, 2.45) is 5.73 Å². The van der Waals surface area contributed by atoms with E-state index in [1.807, 2.05) is 0 Å².